The molecule has 4 bridgehead atoms. The molecular formula is C20H27NO6. The average Bonchev–Trinajstić information content (AvgIpc) is 3.27. The number of rotatable bonds is 1. The third-order valence-corrected chi connectivity index (χ3v) is 6.54. The predicted molar refractivity (Wildman–Crippen MR) is 93.3 cm³/mol. The second-order valence-electron chi connectivity index (χ2n) is 9.73. The standard InChI is InChI=1S/C20H27NO6/c1-18(2,3)26-17(23)21-15(20-24-8-7-19(4,27-20)10-25-20)13-11-5-6-12(9-11)14(13)16(21)22/h5-6,11-15H,7-10H2,1-4H3/t11-,12+,13-,14+,15-,19?,20?/m0/s1. The molecule has 5 aliphatic rings. The zero-order chi connectivity index (χ0) is 19.2. The number of amides is 2. The second kappa shape index (κ2) is 5.33. The van der Waals surface area contributed by atoms with Crippen molar-refractivity contribution in [2.75, 3.05) is 13.2 Å². The van der Waals surface area contributed by atoms with E-state index in [1.807, 2.05) is 6.92 Å². The van der Waals surface area contributed by atoms with Crippen molar-refractivity contribution in [3.63, 3.8) is 0 Å². The van der Waals surface area contributed by atoms with Crippen molar-refractivity contribution in [3.05, 3.63) is 12.2 Å². The summed E-state index contributed by atoms with van der Waals surface area (Å²) in [6, 6.07) is -0.632. The maximum absolute atomic E-state index is 13.3. The van der Waals surface area contributed by atoms with Crippen molar-refractivity contribution in [2.45, 2.75) is 63.8 Å². The van der Waals surface area contributed by atoms with Gasteiger partial charge >= 0.3 is 12.1 Å². The van der Waals surface area contributed by atoms with E-state index in [0.29, 0.717) is 13.2 Å². The molecule has 4 fully saturated rings. The molecule has 2 aliphatic carbocycles. The Balaban J connectivity index is 1.56. The van der Waals surface area contributed by atoms with Crippen molar-refractivity contribution in [1.82, 2.24) is 4.90 Å². The molecule has 7 atom stereocenters. The normalized spacial score (nSPS) is 47.6. The molecule has 7 heteroatoms. The average molecular weight is 377 g/mol. The molecule has 3 aliphatic heterocycles. The highest BCUT2D eigenvalue weighted by molar-refractivity contribution is 5.97. The van der Waals surface area contributed by atoms with Crippen molar-refractivity contribution in [2.24, 2.45) is 23.7 Å². The molecule has 0 spiro atoms. The number of carbonyl (C=O) groups excluding carboxylic acids is 2. The van der Waals surface area contributed by atoms with Gasteiger partial charge in [-0.2, -0.15) is 0 Å². The number of carbonyl (C=O) groups is 2. The van der Waals surface area contributed by atoms with Crippen LogP contribution in [0.25, 0.3) is 0 Å². The molecule has 0 aromatic heterocycles. The summed E-state index contributed by atoms with van der Waals surface area (Å²) in [5.74, 6) is -1.51. The van der Waals surface area contributed by atoms with Crippen LogP contribution in [0.5, 0.6) is 0 Å². The van der Waals surface area contributed by atoms with Crippen molar-refractivity contribution < 1.29 is 28.5 Å². The maximum Gasteiger partial charge on any atom is 0.417 e. The number of imide groups is 1. The van der Waals surface area contributed by atoms with E-state index in [1.165, 1.54) is 4.90 Å². The van der Waals surface area contributed by atoms with Crippen LogP contribution in [0.4, 0.5) is 4.79 Å². The van der Waals surface area contributed by atoms with Gasteiger partial charge in [-0.05, 0) is 46.0 Å². The molecule has 5 rings (SSSR count). The van der Waals surface area contributed by atoms with Gasteiger partial charge in [0.2, 0.25) is 5.91 Å². The molecule has 0 radical (unpaired) electrons. The minimum absolute atomic E-state index is 0.0690. The summed E-state index contributed by atoms with van der Waals surface area (Å²) in [6.45, 7) is 8.24. The molecule has 2 amide bonds. The van der Waals surface area contributed by atoms with E-state index in [2.05, 4.69) is 12.2 Å². The zero-order valence-corrected chi connectivity index (χ0v) is 16.3. The summed E-state index contributed by atoms with van der Waals surface area (Å²) in [5, 5.41) is 0. The third kappa shape index (κ3) is 2.44. The Morgan fingerprint density at radius 1 is 1.26 bits per heavy atom. The number of allylic oxidation sites excluding steroid dienone is 2. The Morgan fingerprint density at radius 3 is 2.74 bits per heavy atom. The first kappa shape index (κ1) is 17.6. The largest absolute Gasteiger partial charge is 0.443 e. The van der Waals surface area contributed by atoms with E-state index in [1.54, 1.807) is 20.8 Å². The molecule has 1 saturated carbocycles. The minimum atomic E-state index is -1.39. The van der Waals surface area contributed by atoms with Gasteiger partial charge in [-0.15, -0.1) is 0 Å². The molecule has 27 heavy (non-hydrogen) atoms. The lowest BCUT2D eigenvalue weighted by Crippen LogP contribution is -2.60. The van der Waals surface area contributed by atoms with Gasteiger partial charge in [-0.25, -0.2) is 9.69 Å². The molecule has 3 saturated heterocycles. The van der Waals surface area contributed by atoms with Gasteiger partial charge in [0.1, 0.15) is 11.6 Å². The first-order valence-corrected chi connectivity index (χ1v) is 9.85. The van der Waals surface area contributed by atoms with Crippen LogP contribution >= 0.6 is 0 Å². The highest BCUT2D eigenvalue weighted by Gasteiger charge is 2.71. The van der Waals surface area contributed by atoms with Crippen LogP contribution < -0.4 is 0 Å². The molecule has 7 nitrogen and oxygen atoms in total. The van der Waals surface area contributed by atoms with Gasteiger partial charge in [0.15, 0.2) is 0 Å². The van der Waals surface area contributed by atoms with E-state index in [4.69, 9.17) is 18.9 Å². The summed E-state index contributed by atoms with van der Waals surface area (Å²) in [7, 11) is 0. The summed E-state index contributed by atoms with van der Waals surface area (Å²) >= 11 is 0. The van der Waals surface area contributed by atoms with Gasteiger partial charge < -0.3 is 18.9 Å². The van der Waals surface area contributed by atoms with Gasteiger partial charge in [0.25, 0.3) is 0 Å². The number of fused-ring (bicyclic) bond motifs is 7. The molecule has 0 aromatic carbocycles. The van der Waals surface area contributed by atoms with Gasteiger partial charge in [-0.1, -0.05) is 12.2 Å². The fourth-order valence-corrected chi connectivity index (χ4v) is 5.51. The van der Waals surface area contributed by atoms with E-state index >= 15 is 0 Å². The Bertz CT molecular complexity index is 728. The van der Waals surface area contributed by atoms with Gasteiger partial charge in [0.05, 0.1) is 24.7 Å². The van der Waals surface area contributed by atoms with Crippen LogP contribution in [0.15, 0.2) is 12.2 Å². The van der Waals surface area contributed by atoms with Crippen molar-refractivity contribution in [3.8, 4) is 0 Å². The lowest BCUT2D eigenvalue weighted by Gasteiger charge is -2.43. The number of hydrogen-bond acceptors (Lipinski definition) is 6. The van der Waals surface area contributed by atoms with Crippen LogP contribution in [-0.2, 0) is 23.7 Å². The molecule has 0 aromatic rings. The van der Waals surface area contributed by atoms with Crippen LogP contribution in [-0.4, -0.2) is 53.3 Å². The SMILES string of the molecule is CC(C)(C)OC(=O)N1C(=O)[C@H]2[C@@H]([C@H]1C13OCCC(C)(CO1)O3)[C@H]1C=C[C@@H]2C1. The summed E-state index contributed by atoms with van der Waals surface area (Å²) in [5.41, 5.74) is -1.15. The number of nitrogens with zero attached hydrogens (tertiary/aromatic N) is 1. The van der Waals surface area contributed by atoms with Crippen LogP contribution in [0.2, 0.25) is 0 Å². The molecule has 2 unspecified atom stereocenters. The summed E-state index contributed by atoms with van der Waals surface area (Å²) in [6.07, 6.45) is 5.29. The van der Waals surface area contributed by atoms with E-state index in [0.717, 1.165) is 12.8 Å². The lowest BCUT2D eigenvalue weighted by atomic mass is 9.80. The minimum Gasteiger partial charge on any atom is -0.443 e. The first-order chi connectivity index (χ1) is 12.6. The fraction of sp³-hybridized carbons (Fsp3) is 0.800. The smallest absolute Gasteiger partial charge is 0.417 e. The molecule has 148 valence electrons. The highest BCUT2D eigenvalue weighted by Crippen LogP contribution is 2.59. The predicted octanol–water partition coefficient (Wildman–Crippen LogP) is 2.45. The monoisotopic (exact) mass is 377 g/mol. The molecule has 3 heterocycles. The van der Waals surface area contributed by atoms with Gasteiger partial charge in [-0.3, -0.25) is 4.79 Å². The number of ether oxygens (including phenoxy) is 4. The van der Waals surface area contributed by atoms with Crippen molar-refractivity contribution in [1.29, 1.82) is 0 Å². The van der Waals surface area contributed by atoms with Crippen LogP contribution in [0.3, 0.4) is 0 Å². The fourth-order valence-electron chi connectivity index (χ4n) is 5.51. The molecular weight excluding hydrogens is 350 g/mol. The lowest BCUT2D eigenvalue weighted by molar-refractivity contribution is -0.389. The van der Waals surface area contributed by atoms with Crippen LogP contribution in [0.1, 0.15) is 40.5 Å². The van der Waals surface area contributed by atoms with E-state index in [-0.39, 0.29) is 29.6 Å². The first-order valence-electron chi connectivity index (χ1n) is 9.85. The zero-order valence-electron chi connectivity index (χ0n) is 16.3. The van der Waals surface area contributed by atoms with Gasteiger partial charge in [0, 0.05) is 12.3 Å². The van der Waals surface area contributed by atoms with Crippen molar-refractivity contribution >= 4 is 12.0 Å². The van der Waals surface area contributed by atoms with Crippen LogP contribution in [0, 0.1) is 23.7 Å². The summed E-state index contributed by atoms with van der Waals surface area (Å²) in [4.78, 5) is 27.6. The Morgan fingerprint density at radius 2 is 2.00 bits per heavy atom. The second-order valence-corrected chi connectivity index (χ2v) is 9.73. The Labute approximate surface area is 158 Å². The third-order valence-electron chi connectivity index (χ3n) is 6.54. The maximum atomic E-state index is 13.3. The Kier molecular flexibility index (Phi) is 3.49. The van der Waals surface area contributed by atoms with E-state index < -0.39 is 29.3 Å². The highest BCUT2D eigenvalue weighted by atomic mass is 16.9. The topological polar surface area (TPSA) is 74.3 Å². The van der Waals surface area contributed by atoms with E-state index in [9.17, 15) is 9.59 Å². The number of hydrogen-bond donors (Lipinski definition) is 0. The quantitative estimate of drug-likeness (QED) is 0.654. The summed E-state index contributed by atoms with van der Waals surface area (Å²) < 4.78 is 23.9. The number of likely N-dealkylation sites (tertiary alicyclic amines) is 1. The molecule has 0 N–H and O–H groups in total. The Hall–Kier alpha value is -1.44.